The molecular weight excluding hydrogens is 202 g/mol. The molecule has 1 aliphatic rings. The minimum Gasteiger partial charge on any atom is -0.481 e. The molecule has 0 spiro atoms. The molecule has 0 fully saturated rings. The Kier molecular flexibility index (Phi) is 2.28. The van der Waals surface area contributed by atoms with Gasteiger partial charge in [-0.05, 0) is 0 Å². The van der Waals surface area contributed by atoms with Crippen LogP contribution in [0.5, 0.6) is 0 Å². The number of nitrogen functional groups attached to an aromatic ring is 1. The van der Waals surface area contributed by atoms with Gasteiger partial charge in [0.1, 0.15) is 18.1 Å². The summed E-state index contributed by atoms with van der Waals surface area (Å²) < 4.78 is 0. The van der Waals surface area contributed by atoms with Gasteiger partial charge in [-0.1, -0.05) is 0 Å². The van der Waals surface area contributed by atoms with E-state index in [1.807, 2.05) is 0 Å². The lowest BCUT2D eigenvalue weighted by atomic mass is 10.2. The van der Waals surface area contributed by atoms with Crippen LogP contribution in [0.1, 0.15) is 17.1 Å². The number of aromatic nitrogens is 2. The van der Waals surface area contributed by atoms with Gasteiger partial charge in [-0.2, -0.15) is 11.8 Å². The summed E-state index contributed by atoms with van der Waals surface area (Å²) in [7, 11) is 0. The zero-order valence-electron chi connectivity index (χ0n) is 7.36. The maximum atomic E-state index is 10.5. The lowest BCUT2D eigenvalue weighted by molar-refractivity contribution is -0.136. The number of nitrogens with two attached hydrogens (primary N) is 1. The van der Waals surface area contributed by atoms with Crippen molar-refractivity contribution in [2.24, 2.45) is 0 Å². The molecular formula is C8H9N3O2S. The Morgan fingerprint density at radius 3 is 3.00 bits per heavy atom. The van der Waals surface area contributed by atoms with Gasteiger partial charge in [0.05, 0.1) is 5.69 Å². The van der Waals surface area contributed by atoms with Crippen LogP contribution in [0.15, 0.2) is 0 Å². The van der Waals surface area contributed by atoms with Crippen molar-refractivity contribution in [3.05, 3.63) is 17.1 Å². The summed E-state index contributed by atoms with van der Waals surface area (Å²) >= 11 is 1.71. The predicted octanol–water partition coefficient (Wildman–Crippen LogP) is 0.433. The van der Waals surface area contributed by atoms with E-state index in [2.05, 4.69) is 9.97 Å². The third-order valence-electron chi connectivity index (χ3n) is 1.97. The van der Waals surface area contributed by atoms with E-state index in [0.717, 1.165) is 22.8 Å². The normalized spacial score (nSPS) is 14.0. The van der Waals surface area contributed by atoms with Gasteiger partial charge in [0.25, 0.3) is 0 Å². The average molecular weight is 211 g/mol. The summed E-state index contributed by atoms with van der Waals surface area (Å²) in [4.78, 5) is 18.6. The van der Waals surface area contributed by atoms with E-state index in [-0.39, 0.29) is 6.42 Å². The van der Waals surface area contributed by atoms with Crippen LogP contribution >= 0.6 is 11.8 Å². The predicted molar refractivity (Wildman–Crippen MR) is 52.8 cm³/mol. The largest absolute Gasteiger partial charge is 0.481 e. The third-order valence-corrected chi connectivity index (χ3v) is 2.94. The second-order valence-electron chi connectivity index (χ2n) is 3.01. The molecule has 0 amide bonds. The number of fused-ring (bicyclic) bond motifs is 1. The first-order chi connectivity index (χ1) is 6.66. The summed E-state index contributed by atoms with van der Waals surface area (Å²) in [6.07, 6.45) is -0.165. The molecule has 0 saturated carbocycles. The van der Waals surface area contributed by atoms with E-state index >= 15 is 0 Å². The first kappa shape index (κ1) is 9.26. The molecule has 0 radical (unpaired) electrons. The summed E-state index contributed by atoms with van der Waals surface area (Å²) in [6, 6.07) is 0. The number of anilines is 1. The molecule has 3 N–H and O–H groups in total. The van der Waals surface area contributed by atoms with Crippen molar-refractivity contribution in [3.8, 4) is 0 Å². The fourth-order valence-corrected chi connectivity index (χ4v) is 2.40. The zero-order valence-corrected chi connectivity index (χ0v) is 8.17. The molecule has 0 unspecified atom stereocenters. The lowest BCUT2D eigenvalue weighted by Gasteiger charge is -2.03. The maximum Gasteiger partial charge on any atom is 0.311 e. The smallest absolute Gasteiger partial charge is 0.311 e. The van der Waals surface area contributed by atoms with Gasteiger partial charge < -0.3 is 10.8 Å². The van der Waals surface area contributed by atoms with Crippen LogP contribution in [-0.4, -0.2) is 21.0 Å². The van der Waals surface area contributed by atoms with Crippen LogP contribution in [0, 0.1) is 0 Å². The molecule has 1 aliphatic heterocycles. The second kappa shape index (κ2) is 3.45. The van der Waals surface area contributed by atoms with Crippen LogP contribution in [0.25, 0.3) is 0 Å². The summed E-state index contributed by atoms with van der Waals surface area (Å²) in [5.41, 5.74) is 7.54. The van der Waals surface area contributed by atoms with Crippen molar-refractivity contribution < 1.29 is 9.90 Å². The van der Waals surface area contributed by atoms with E-state index in [4.69, 9.17) is 10.8 Å². The number of carboxylic acid groups (broad SMARTS) is 1. The van der Waals surface area contributed by atoms with E-state index in [1.54, 1.807) is 11.8 Å². The van der Waals surface area contributed by atoms with E-state index in [1.165, 1.54) is 0 Å². The van der Waals surface area contributed by atoms with Crippen LogP contribution in [-0.2, 0) is 22.7 Å². The molecule has 74 valence electrons. The first-order valence-electron chi connectivity index (χ1n) is 4.10. The number of aliphatic carboxylic acids is 1. The minimum atomic E-state index is -0.935. The highest BCUT2D eigenvalue weighted by atomic mass is 32.2. The molecule has 1 aromatic heterocycles. The van der Waals surface area contributed by atoms with Crippen molar-refractivity contribution in [2.75, 3.05) is 5.73 Å². The summed E-state index contributed by atoms with van der Waals surface area (Å²) in [6.45, 7) is 0. The second-order valence-corrected chi connectivity index (χ2v) is 4.00. The molecule has 2 rings (SSSR count). The molecule has 5 nitrogen and oxygen atoms in total. The van der Waals surface area contributed by atoms with Gasteiger partial charge in [0.15, 0.2) is 0 Å². The Hall–Kier alpha value is -1.30. The fraction of sp³-hybridized carbons (Fsp3) is 0.375. The van der Waals surface area contributed by atoms with Crippen molar-refractivity contribution >= 4 is 23.5 Å². The van der Waals surface area contributed by atoms with Gasteiger partial charge in [-0.25, -0.2) is 9.97 Å². The standard InChI is InChI=1S/C8H9N3O2S/c9-8-4-2-14-3-5(4)10-6(11-8)1-7(12)13/h1-3H2,(H,12,13)(H2,9,10,11). The van der Waals surface area contributed by atoms with Crippen LogP contribution in [0.4, 0.5) is 5.82 Å². The van der Waals surface area contributed by atoms with Crippen LogP contribution in [0.2, 0.25) is 0 Å². The number of nitrogens with zero attached hydrogens (tertiary/aromatic N) is 2. The molecule has 0 saturated heterocycles. The van der Waals surface area contributed by atoms with Crippen molar-refractivity contribution in [1.82, 2.24) is 9.97 Å². The molecule has 0 atom stereocenters. The molecule has 2 heterocycles. The lowest BCUT2D eigenvalue weighted by Crippen LogP contribution is -2.09. The zero-order chi connectivity index (χ0) is 10.1. The quantitative estimate of drug-likeness (QED) is 0.737. The van der Waals surface area contributed by atoms with Gasteiger partial charge in [-0.15, -0.1) is 0 Å². The Balaban J connectivity index is 2.36. The topological polar surface area (TPSA) is 89.1 Å². The molecule has 1 aromatic rings. The fourth-order valence-electron chi connectivity index (χ4n) is 1.34. The Morgan fingerprint density at radius 2 is 2.29 bits per heavy atom. The SMILES string of the molecule is Nc1nc(CC(=O)O)nc2c1CSC2. The molecule has 14 heavy (non-hydrogen) atoms. The van der Waals surface area contributed by atoms with Crippen molar-refractivity contribution in [3.63, 3.8) is 0 Å². The number of rotatable bonds is 2. The molecule has 0 aliphatic carbocycles. The summed E-state index contributed by atoms with van der Waals surface area (Å²) in [5.74, 6) is 1.42. The van der Waals surface area contributed by atoms with E-state index in [9.17, 15) is 4.79 Å². The Bertz CT molecular complexity index is 394. The van der Waals surface area contributed by atoms with Crippen molar-refractivity contribution in [2.45, 2.75) is 17.9 Å². The highest BCUT2D eigenvalue weighted by molar-refractivity contribution is 7.98. The summed E-state index contributed by atoms with van der Waals surface area (Å²) in [5, 5.41) is 8.58. The van der Waals surface area contributed by atoms with Crippen LogP contribution < -0.4 is 5.73 Å². The van der Waals surface area contributed by atoms with Gasteiger partial charge in [-0.3, -0.25) is 4.79 Å². The van der Waals surface area contributed by atoms with E-state index < -0.39 is 5.97 Å². The Morgan fingerprint density at radius 1 is 1.50 bits per heavy atom. The number of hydrogen-bond acceptors (Lipinski definition) is 5. The minimum absolute atomic E-state index is 0.165. The number of thioether (sulfide) groups is 1. The highest BCUT2D eigenvalue weighted by Crippen LogP contribution is 2.31. The highest BCUT2D eigenvalue weighted by Gasteiger charge is 2.18. The number of carboxylic acids is 1. The molecule has 0 aromatic carbocycles. The Labute approximate surface area is 84.7 Å². The van der Waals surface area contributed by atoms with Gasteiger partial charge in [0, 0.05) is 17.1 Å². The number of hydrogen-bond donors (Lipinski definition) is 2. The molecule has 0 bridgehead atoms. The maximum absolute atomic E-state index is 10.5. The third kappa shape index (κ3) is 1.65. The van der Waals surface area contributed by atoms with E-state index in [0.29, 0.717) is 11.6 Å². The number of carbonyl (C=O) groups is 1. The van der Waals surface area contributed by atoms with Gasteiger partial charge >= 0.3 is 5.97 Å². The monoisotopic (exact) mass is 211 g/mol. The molecule has 6 heteroatoms. The van der Waals surface area contributed by atoms with Crippen LogP contribution in [0.3, 0.4) is 0 Å². The average Bonchev–Trinajstić information content (AvgIpc) is 2.50. The van der Waals surface area contributed by atoms with Crippen molar-refractivity contribution in [1.29, 1.82) is 0 Å². The van der Waals surface area contributed by atoms with Gasteiger partial charge in [0.2, 0.25) is 0 Å². The first-order valence-corrected chi connectivity index (χ1v) is 5.26.